The molecule has 0 aromatic heterocycles. The zero-order chi connectivity index (χ0) is 13.1. The molecule has 1 aromatic rings. The van der Waals surface area contributed by atoms with Crippen molar-refractivity contribution in [3.05, 3.63) is 34.6 Å². The largest absolute Gasteiger partial charge is 0.385 e. The van der Waals surface area contributed by atoms with Crippen molar-refractivity contribution in [3.8, 4) is 0 Å². The molecule has 1 rings (SSSR count). The minimum absolute atomic E-state index is 0.0127. The van der Waals surface area contributed by atoms with Crippen molar-refractivity contribution in [2.75, 3.05) is 14.2 Å². The Bertz CT molecular complexity index is 378. The summed E-state index contributed by atoms with van der Waals surface area (Å²) in [6.45, 7) is 1.55. The number of halogens is 2. The third-order valence-corrected chi connectivity index (χ3v) is 2.94. The Kier molecular flexibility index (Phi) is 4.89. The van der Waals surface area contributed by atoms with Crippen LogP contribution in [0.2, 0.25) is 5.02 Å². The summed E-state index contributed by atoms with van der Waals surface area (Å²) in [7, 11) is 2.85. The first-order chi connectivity index (χ1) is 7.92. The lowest BCUT2D eigenvalue weighted by atomic mass is 9.95. The summed E-state index contributed by atoms with van der Waals surface area (Å²) in [5.74, 6) is -0.508. The van der Waals surface area contributed by atoms with E-state index in [0.717, 1.165) is 0 Å². The van der Waals surface area contributed by atoms with E-state index < -0.39 is 17.7 Å². The van der Waals surface area contributed by atoms with Crippen LogP contribution in [0.3, 0.4) is 0 Å². The zero-order valence-corrected chi connectivity index (χ0v) is 10.8. The average Bonchev–Trinajstić information content (AvgIpc) is 2.26. The van der Waals surface area contributed by atoms with Crippen molar-refractivity contribution in [2.24, 2.45) is 0 Å². The summed E-state index contributed by atoms with van der Waals surface area (Å²) in [6.07, 6.45) is -0.669. The van der Waals surface area contributed by atoms with Gasteiger partial charge in [0.25, 0.3) is 0 Å². The fourth-order valence-corrected chi connectivity index (χ4v) is 1.95. The second-order valence-corrected chi connectivity index (χ2v) is 4.43. The van der Waals surface area contributed by atoms with Crippen LogP contribution in [0, 0.1) is 5.82 Å². The second kappa shape index (κ2) is 5.78. The Hall–Kier alpha value is -0.680. The lowest BCUT2D eigenvalue weighted by Crippen LogP contribution is -2.43. The third-order valence-electron chi connectivity index (χ3n) is 2.52. The number of ether oxygens (including phenoxy) is 2. The molecule has 0 spiro atoms. The fourth-order valence-electron chi connectivity index (χ4n) is 1.76. The molecule has 1 aromatic carbocycles. The first kappa shape index (κ1) is 14.4. The van der Waals surface area contributed by atoms with Crippen LogP contribution in [0.25, 0.3) is 0 Å². The molecule has 1 atom stereocenters. The van der Waals surface area contributed by atoms with E-state index in [1.807, 2.05) is 0 Å². The minimum atomic E-state index is -1.29. The molecule has 3 nitrogen and oxygen atoms in total. The highest BCUT2D eigenvalue weighted by Crippen LogP contribution is 2.26. The number of benzene rings is 1. The molecule has 0 aliphatic rings. The van der Waals surface area contributed by atoms with Gasteiger partial charge in [0.05, 0.1) is 5.02 Å². The van der Waals surface area contributed by atoms with Crippen LogP contribution in [0.15, 0.2) is 18.2 Å². The fraction of sp³-hybridized carbons (Fsp3) is 0.500. The Balaban J connectivity index is 2.93. The monoisotopic (exact) mass is 262 g/mol. The molecule has 5 heteroatoms. The molecule has 0 saturated carbocycles. The SMILES string of the molecule is COC(OC)C(C)(O)Cc1cccc(F)c1Cl. The molecule has 17 heavy (non-hydrogen) atoms. The lowest BCUT2D eigenvalue weighted by molar-refractivity contribution is -0.207. The van der Waals surface area contributed by atoms with E-state index in [1.54, 1.807) is 19.1 Å². The Morgan fingerprint density at radius 2 is 2.00 bits per heavy atom. The summed E-state index contributed by atoms with van der Waals surface area (Å²) in [4.78, 5) is 0. The van der Waals surface area contributed by atoms with E-state index in [1.165, 1.54) is 20.3 Å². The van der Waals surface area contributed by atoms with Crippen molar-refractivity contribution in [1.29, 1.82) is 0 Å². The van der Waals surface area contributed by atoms with Crippen molar-refractivity contribution in [2.45, 2.75) is 25.2 Å². The maximum atomic E-state index is 13.2. The van der Waals surface area contributed by atoms with Gasteiger partial charge in [-0.25, -0.2) is 4.39 Å². The van der Waals surface area contributed by atoms with Crippen LogP contribution in [0.1, 0.15) is 12.5 Å². The van der Waals surface area contributed by atoms with Gasteiger partial charge in [0.15, 0.2) is 6.29 Å². The van der Waals surface area contributed by atoms with Gasteiger partial charge in [-0.1, -0.05) is 23.7 Å². The summed E-state index contributed by atoms with van der Waals surface area (Å²) in [5, 5.41) is 10.2. The summed E-state index contributed by atoms with van der Waals surface area (Å²) in [5.41, 5.74) is -0.781. The molecule has 0 bridgehead atoms. The molecule has 0 heterocycles. The van der Waals surface area contributed by atoms with Crippen molar-refractivity contribution < 1.29 is 19.0 Å². The zero-order valence-electron chi connectivity index (χ0n) is 10.0. The van der Waals surface area contributed by atoms with Gasteiger partial charge in [-0.15, -0.1) is 0 Å². The van der Waals surface area contributed by atoms with E-state index in [-0.39, 0.29) is 11.4 Å². The summed E-state index contributed by atoms with van der Waals surface area (Å²) >= 11 is 5.82. The maximum absolute atomic E-state index is 13.2. The number of methoxy groups -OCH3 is 2. The molecule has 1 N–H and O–H groups in total. The van der Waals surface area contributed by atoms with Crippen LogP contribution in [-0.4, -0.2) is 31.2 Å². The number of hydrogen-bond donors (Lipinski definition) is 1. The smallest absolute Gasteiger partial charge is 0.185 e. The third kappa shape index (κ3) is 3.39. The van der Waals surface area contributed by atoms with E-state index >= 15 is 0 Å². The quantitative estimate of drug-likeness (QED) is 0.828. The minimum Gasteiger partial charge on any atom is -0.385 e. The molecule has 0 aliphatic carbocycles. The van der Waals surface area contributed by atoms with Gasteiger partial charge < -0.3 is 14.6 Å². The normalized spacial score (nSPS) is 15.0. The van der Waals surface area contributed by atoms with Crippen LogP contribution >= 0.6 is 11.6 Å². The molecule has 1 unspecified atom stereocenters. The summed E-state index contributed by atoms with van der Waals surface area (Å²) in [6, 6.07) is 4.47. The van der Waals surface area contributed by atoms with Gasteiger partial charge in [-0.2, -0.15) is 0 Å². The Morgan fingerprint density at radius 1 is 1.41 bits per heavy atom. The number of aliphatic hydroxyl groups is 1. The highest BCUT2D eigenvalue weighted by Gasteiger charge is 2.33. The lowest BCUT2D eigenvalue weighted by Gasteiger charge is -2.30. The predicted molar refractivity (Wildman–Crippen MR) is 63.5 cm³/mol. The number of hydrogen-bond acceptors (Lipinski definition) is 3. The van der Waals surface area contributed by atoms with Crippen LogP contribution < -0.4 is 0 Å². The molecule has 0 fully saturated rings. The highest BCUT2D eigenvalue weighted by atomic mass is 35.5. The first-order valence-corrected chi connectivity index (χ1v) is 5.51. The molecular formula is C12H16ClFO3. The Labute approximate surface area is 105 Å². The highest BCUT2D eigenvalue weighted by molar-refractivity contribution is 6.31. The van der Waals surface area contributed by atoms with E-state index in [4.69, 9.17) is 21.1 Å². The van der Waals surface area contributed by atoms with Gasteiger partial charge in [-0.05, 0) is 18.6 Å². The predicted octanol–water partition coefficient (Wildman–Crippen LogP) is 2.39. The Morgan fingerprint density at radius 3 is 2.53 bits per heavy atom. The van der Waals surface area contributed by atoms with Crippen molar-refractivity contribution >= 4 is 11.6 Å². The van der Waals surface area contributed by atoms with E-state index in [0.29, 0.717) is 5.56 Å². The second-order valence-electron chi connectivity index (χ2n) is 4.05. The van der Waals surface area contributed by atoms with Gasteiger partial charge in [0, 0.05) is 20.6 Å². The van der Waals surface area contributed by atoms with Crippen molar-refractivity contribution in [3.63, 3.8) is 0 Å². The summed E-state index contributed by atoms with van der Waals surface area (Å²) < 4.78 is 23.2. The topological polar surface area (TPSA) is 38.7 Å². The van der Waals surface area contributed by atoms with Gasteiger partial charge >= 0.3 is 0 Å². The van der Waals surface area contributed by atoms with Gasteiger partial charge in [-0.3, -0.25) is 0 Å². The van der Waals surface area contributed by atoms with Crippen LogP contribution in [-0.2, 0) is 15.9 Å². The maximum Gasteiger partial charge on any atom is 0.185 e. The van der Waals surface area contributed by atoms with Gasteiger partial charge in [0.2, 0.25) is 0 Å². The van der Waals surface area contributed by atoms with E-state index in [9.17, 15) is 9.50 Å². The van der Waals surface area contributed by atoms with Gasteiger partial charge in [0.1, 0.15) is 11.4 Å². The molecule has 0 radical (unpaired) electrons. The van der Waals surface area contributed by atoms with Crippen LogP contribution in [0.5, 0.6) is 0 Å². The number of rotatable bonds is 5. The van der Waals surface area contributed by atoms with Crippen LogP contribution in [0.4, 0.5) is 4.39 Å². The molecule has 0 amide bonds. The molecule has 0 aliphatic heterocycles. The first-order valence-electron chi connectivity index (χ1n) is 5.13. The molecular weight excluding hydrogens is 247 g/mol. The molecule has 96 valence electrons. The van der Waals surface area contributed by atoms with Crippen molar-refractivity contribution in [1.82, 2.24) is 0 Å². The molecule has 0 saturated heterocycles. The van der Waals surface area contributed by atoms with E-state index in [2.05, 4.69) is 0 Å². The average molecular weight is 263 g/mol. The standard InChI is InChI=1S/C12H16ClFO3/c1-12(15,11(16-2)17-3)7-8-5-4-6-9(14)10(8)13/h4-6,11,15H,7H2,1-3H3.